The van der Waals surface area contributed by atoms with E-state index in [1.54, 1.807) is 30.3 Å². The van der Waals surface area contributed by atoms with Gasteiger partial charge in [0.2, 0.25) is 5.91 Å². The molecule has 0 aromatic heterocycles. The molecule has 0 bridgehead atoms. The Morgan fingerprint density at radius 3 is 2.12 bits per heavy atom. The molecule has 3 rings (SSSR count). The number of sulfonamides is 1. The zero-order valence-electron chi connectivity index (χ0n) is 19.7. The molecule has 0 fully saturated rings. The molecular formula is C26H30N2O4S. The molecule has 0 unspecified atom stereocenters. The first-order valence-corrected chi connectivity index (χ1v) is 12.2. The monoisotopic (exact) mass is 466 g/mol. The van der Waals surface area contributed by atoms with E-state index >= 15 is 0 Å². The maximum Gasteiger partial charge on any atom is 0.268 e. The van der Waals surface area contributed by atoms with Gasteiger partial charge in [0.25, 0.3) is 10.0 Å². The normalized spacial score (nSPS) is 11.2. The number of nitrogens with one attached hydrogen (secondary N) is 1. The van der Waals surface area contributed by atoms with Gasteiger partial charge in [-0.25, -0.2) is 8.42 Å². The van der Waals surface area contributed by atoms with Crippen molar-refractivity contribution in [3.8, 4) is 5.75 Å². The summed E-state index contributed by atoms with van der Waals surface area (Å²) in [6.07, 6.45) is 0.894. The van der Waals surface area contributed by atoms with E-state index in [9.17, 15) is 13.2 Å². The maximum atomic E-state index is 13.8. The fraction of sp³-hybridized carbons (Fsp3) is 0.269. The van der Waals surface area contributed by atoms with E-state index in [-0.39, 0.29) is 17.2 Å². The first-order chi connectivity index (χ1) is 15.6. The fourth-order valence-electron chi connectivity index (χ4n) is 3.67. The van der Waals surface area contributed by atoms with Gasteiger partial charge in [-0.3, -0.25) is 9.10 Å². The number of benzene rings is 3. The number of methoxy groups -OCH3 is 1. The highest BCUT2D eigenvalue weighted by Gasteiger charge is 2.30. The molecule has 0 atom stereocenters. The summed E-state index contributed by atoms with van der Waals surface area (Å²) in [7, 11) is -2.68. The molecular weight excluding hydrogens is 436 g/mol. The molecule has 1 amide bonds. The quantitative estimate of drug-likeness (QED) is 0.506. The van der Waals surface area contributed by atoms with Crippen molar-refractivity contribution >= 4 is 27.3 Å². The molecule has 7 heteroatoms. The van der Waals surface area contributed by atoms with Gasteiger partial charge in [0.1, 0.15) is 17.2 Å². The van der Waals surface area contributed by atoms with Gasteiger partial charge in [-0.1, -0.05) is 31.2 Å². The number of hydrogen-bond donors (Lipinski definition) is 1. The van der Waals surface area contributed by atoms with Crippen molar-refractivity contribution in [3.63, 3.8) is 0 Å². The van der Waals surface area contributed by atoms with Crippen LogP contribution in [0.15, 0.2) is 65.6 Å². The Morgan fingerprint density at radius 2 is 1.55 bits per heavy atom. The number of amides is 1. The molecule has 0 aliphatic carbocycles. The summed E-state index contributed by atoms with van der Waals surface area (Å²) in [5.41, 5.74) is 4.76. The van der Waals surface area contributed by atoms with Crippen molar-refractivity contribution in [1.82, 2.24) is 0 Å². The minimum absolute atomic E-state index is 0.0178. The van der Waals surface area contributed by atoms with Crippen LogP contribution >= 0.6 is 0 Å². The lowest BCUT2D eigenvalue weighted by molar-refractivity contribution is -0.114. The van der Waals surface area contributed by atoms with Gasteiger partial charge < -0.3 is 10.1 Å². The number of carbonyl (C=O) groups is 1. The second-order valence-corrected chi connectivity index (χ2v) is 9.94. The van der Waals surface area contributed by atoms with Crippen LogP contribution in [0.3, 0.4) is 0 Å². The van der Waals surface area contributed by atoms with E-state index in [1.165, 1.54) is 7.11 Å². The largest absolute Gasteiger partial charge is 0.495 e. The molecule has 0 saturated carbocycles. The molecule has 0 aliphatic heterocycles. The molecule has 0 aliphatic rings. The lowest BCUT2D eigenvalue weighted by atomic mass is 10.1. The van der Waals surface area contributed by atoms with Gasteiger partial charge >= 0.3 is 0 Å². The van der Waals surface area contributed by atoms with Crippen molar-refractivity contribution in [2.45, 2.75) is 39.0 Å². The SMILES string of the molecule is CCc1ccc(NC(=O)CN(c2cc(C)cc(C)c2)S(=O)(=O)c2cc(C)ccc2OC)cc1. The van der Waals surface area contributed by atoms with E-state index in [1.807, 2.05) is 51.1 Å². The fourth-order valence-corrected chi connectivity index (χ4v) is 5.32. The highest BCUT2D eigenvalue weighted by molar-refractivity contribution is 7.93. The van der Waals surface area contributed by atoms with Crippen LogP contribution < -0.4 is 14.4 Å². The Labute approximate surface area is 196 Å². The number of rotatable bonds is 8. The lowest BCUT2D eigenvalue weighted by Gasteiger charge is -2.26. The first kappa shape index (κ1) is 24.3. The van der Waals surface area contributed by atoms with Crippen LogP contribution in [0, 0.1) is 20.8 Å². The third-order valence-electron chi connectivity index (χ3n) is 5.31. The van der Waals surface area contributed by atoms with Gasteiger partial charge in [0.15, 0.2) is 0 Å². The Hall–Kier alpha value is -3.32. The van der Waals surface area contributed by atoms with Crippen LogP contribution in [0.2, 0.25) is 0 Å². The van der Waals surface area contributed by atoms with Gasteiger partial charge in [-0.05, 0) is 85.8 Å². The number of anilines is 2. The first-order valence-electron chi connectivity index (χ1n) is 10.8. The van der Waals surface area contributed by atoms with Gasteiger partial charge in [0, 0.05) is 5.69 Å². The molecule has 0 spiro atoms. The van der Waals surface area contributed by atoms with Crippen LogP contribution in [-0.4, -0.2) is 28.0 Å². The summed E-state index contributed by atoms with van der Waals surface area (Å²) in [6, 6.07) is 17.9. The molecule has 3 aromatic carbocycles. The van der Waals surface area contributed by atoms with Crippen molar-refractivity contribution in [1.29, 1.82) is 0 Å². The van der Waals surface area contributed by atoms with Crippen molar-refractivity contribution in [2.75, 3.05) is 23.3 Å². The van der Waals surface area contributed by atoms with Gasteiger partial charge in [-0.2, -0.15) is 0 Å². The topological polar surface area (TPSA) is 75.7 Å². The van der Waals surface area contributed by atoms with Gasteiger partial charge in [0.05, 0.1) is 12.8 Å². The molecule has 0 saturated heterocycles. The summed E-state index contributed by atoms with van der Waals surface area (Å²) in [4.78, 5) is 13.0. The van der Waals surface area contributed by atoms with E-state index in [4.69, 9.17) is 4.74 Å². The zero-order valence-corrected chi connectivity index (χ0v) is 20.5. The van der Waals surface area contributed by atoms with Crippen LogP contribution in [0.25, 0.3) is 0 Å². The average molecular weight is 467 g/mol. The molecule has 0 heterocycles. The van der Waals surface area contributed by atoms with E-state index in [2.05, 4.69) is 12.2 Å². The predicted octanol–water partition coefficient (Wildman–Crippen LogP) is 5.02. The maximum absolute atomic E-state index is 13.8. The van der Waals surface area contributed by atoms with Crippen molar-refractivity contribution in [2.24, 2.45) is 0 Å². The second kappa shape index (κ2) is 10.1. The number of nitrogens with zero attached hydrogens (tertiary/aromatic N) is 1. The Kier molecular flexibility index (Phi) is 7.43. The van der Waals surface area contributed by atoms with E-state index in [0.717, 1.165) is 33.0 Å². The van der Waals surface area contributed by atoms with Gasteiger partial charge in [-0.15, -0.1) is 0 Å². The summed E-state index contributed by atoms with van der Waals surface area (Å²) in [5, 5.41) is 2.81. The zero-order chi connectivity index (χ0) is 24.2. The summed E-state index contributed by atoms with van der Waals surface area (Å²) in [6.45, 7) is 7.28. The predicted molar refractivity (Wildman–Crippen MR) is 133 cm³/mol. The third kappa shape index (κ3) is 5.73. The number of carbonyl (C=O) groups excluding carboxylic acids is 1. The van der Waals surface area contributed by atoms with Crippen LogP contribution in [0.1, 0.15) is 29.2 Å². The Bertz CT molecular complexity index is 1230. The molecule has 3 aromatic rings. The highest BCUT2D eigenvalue weighted by Crippen LogP contribution is 2.31. The average Bonchev–Trinajstić information content (AvgIpc) is 2.77. The summed E-state index contributed by atoms with van der Waals surface area (Å²) >= 11 is 0. The van der Waals surface area contributed by atoms with Crippen LogP contribution in [0.5, 0.6) is 5.75 Å². The smallest absolute Gasteiger partial charge is 0.268 e. The van der Waals surface area contributed by atoms with Crippen LogP contribution in [0.4, 0.5) is 11.4 Å². The van der Waals surface area contributed by atoms with Crippen molar-refractivity contribution < 1.29 is 17.9 Å². The lowest BCUT2D eigenvalue weighted by Crippen LogP contribution is -2.38. The number of aryl methyl sites for hydroxylation is 4. The molecule has 33 heavy (non-hydrogen) atoms. The van der Waals surface area contributed by atoms with Crippen LogP contribution in [-0.2, 0) is 21.2 Å². The molecule has 6 nitrogen and oxygen atoms in total. The van der Waals surface area contributed by atoms with E-state index < -0.39 is 15.9 Å². The summed E-state index contributed by atoms with van der Waals surface area (Å²) in [5.74, 6) is -0.209. The van der Waals surface area contributed by atoms with Crippen molar-refractivity contribution in [3.05, 3.63) is 82.9 Å². The minimum Gasteiger partial charge on any atom is -0.495 e. The third-order valence-corrected chi connectivity index (χ3v) is 7.11. The molecule has 1 N–H and O–H groups in total. The minimum atomic E-state index is -4.10. The molecule has 0 radical (unpaired) electrons. The summed E-state index contributed by atoms with van der Waals surface area (Å²) < 4.78 is 34.1. The Balaban J connectivity index is 2.02. The second-order valence-electron chi connectivity index (χ2n) is 8.11. The number of hydrogen-bond acceptors (Lipinski definition) is 4. The Morgan fingerprint density at radius 1 is 0.909 bits per heavy atom. The van der Waals surface area contributed by atoms with E-state index in [0.29, 0.717) is 11.4 Å². The number of ether oxygens (including phenoxy) is 1. The molecule has 174 valence electrons. The standard InChI is InChI=1S/C26H30N2O4S/c1-6-21-8-10-22(11-9-21)27-26(29)17-28(23-14-19(3)13-20(4)15-23)33(30,31)25-16-18(2)7-12-24(25)32-5/h7-16H,6,17H2,1-5H3,(H,27,29). The highest BCUT2D eigenvalue weighted by atomic mass is 32.2.